The fraction of sp³-hybridized carbons (Fsp3) is 0.440. The van der Waals surface area contributed by atoms with E-state index in [0.29, 0.717) is 24.2 Å². The maximum absolute atomic E-state index is 12.4. The van der Waals surface area contributed by atoms with Crippen LogP contribution in [0.3, 0.4) is 0 Å². The van der Waals surface area contributed by atoms with Crippen molar-refractivity contribution in [1.29, 1.82) is 0 Å². The van der Waals surface area contributed by atoms with E-state index in [2.05, 4.69) is 13.0 Å². The Labute approximate surface area is 187 Å². The van der Waals surface area contributed by atoms with Crippen molar-refractivity contribution in [2.75, 3.05) is 6.61 Å². The number of benzene rings is 2. The first kappa shape index (κ1) is 22.1. The van der Waals surface area contributed by atoms with E-state index in [9.17, 15) is 14.9 Å². The number of nitro groups is 1. The molecule has 2 aliphatic rings. The Balaban J connectivity index is 1.69. The highest BCUT2D eigenvalue weighted by atomic mass is 16.6. The molecule has 1 atom stereocenters. The number of esters is 1. The summed E-state index contributed by atoms with van der Waals surface area (Å²) in [7, 11) is 0. The van der Waals surface area contributed by atoms with Crippen LogP contribution in [0.4, 0.5) is 5.69 Å². The van der Waals surface area contributed by atoms with E-state index in [0.717, 1.165) is 42.6 Å². The first-order valence-electron chi connectivity index (χ1n) is 11.0. The summed E-state index contributed by atoms with van der Waals surface area (Å²) >= 11 is 0. The van der Waals surface area contributed by atoms with E-state index in [-0.39, 0.29) is 17.0 Å². The Morgan fingerprint density at radius 3 is 2.53 bits per heavy atom. The molecule has 0 N–H and O–H groups in total. The first-order valence-corrected chi connectivity index (χ1v) is 11.0. The van der Waals surface area contributed by atoms with Crippen molar-refractivity contribution in [3.05, 3.63) is 64.1 Å². The zero-order chi connectivity index (χ0) is 23.0. The molecule has 169 valence electrons. The van der Waals surface area contributed by atoms with Gasteiger partial charge >= 0.3 is 11.7 Å². The van der Waals surface area contributed by atoms with Crippen LogP contribution in [-0.2, 0) is 4.74 Å². The minimum atomic E-state index is -0.699. The molecule has 2 aromatic carbocycles. The molecule has 0 amide bonds. The van der Waals surface area contributed by atoms with Crippen molar-refractivity contribution in [2.24, 2.45) is 0 Å². The Morgan fingerprint density at radius 1 is 1.16 bits per heavy atom. The van der Waals surface area contributed by atoms with E-state index >= 15 is 0 Å². The van der Waals surface area contributed by atoms with Crippen LogP contribution in [0.1, 0.15) is 79.8 Å². The minimum absolute atomic E-state index is 0.0775. The second kappa shape index (κ2) is 8.45. The molecule has 1 aliphatic carbocycles. The van der Waals surface area contributed by atoms with Crippen LogP contribution in [0.25, 0.3) is 0 Å². The van der Waals surface area contributed by atoms with Gasteiger partial charge in [-0.2, -0.15) is 0 Å². The summed E-state index contributed by atoms with van der Waals surface area (Å²) in [6.07, 6.45) is 3.84. The fourth-order valence-corrected chi connectivity index (χ4v) is 3.94. The third-order valence-corrected chi connectivity index (χ3v) is 5.68. The van der Waals surface area contributed by atoms with Gasteiger partial charge in [-0.15, -0.1) is 0 Å². The molecule has 1 heterocycles. The monoisotopic (exact) mass is 438 g/mol. The van der Waals surface area contributed by atoms with Crippen molar-refractivity contribution >= 4 is 11.7 Å². The number of rotatable bonds is 6. The summed E-state index contributed by atoms with van der Waals surface area (Å²) in [5.41, 5.74) is 1.29. The molecule has 0 aromatic heterocycles. The molecule has 1 unspecified atom stereocenters. The van der Waals surface area contributed by atoms with Gasteiger partial charge in [0.1, 0.15) is 17.1 Å². The van der Waals surface area contributed by atoms with E-state index < -0.39 is 16.5 Å². The molecule has 0 spiro atoms. The van der Waals surface area contributed by atoms with Gasteiger partial charge in [0.15, 0.2) is 0 Å². The molecule has 1 saturated carbocycles. The van der Waals surface area contributed by atoms with Crippen molar-refractivity contribution in [3.63, 3.8) is 0 Å². The maximum Gasteiger partial charge on any atom is 0.338 e. The number of ether oxygens (including phenoxy) is 3. The second-order valence-corrected chi connectivity index (χ2v) is 9.37. The number of hydrogen-bond donors (Lipinski definition) is 0. The van der Waals surface area contributed by atoms with Gasteiger partial charge in [0.2, 0.25) is 5.75 Å². The SMILES string of the molecule is [CH2]CC1CCOc2cc(Oc3ccc(C(=O)OC(C)(C)C)cc3[N+](=O)[O-])c(C3CC3)cc21. The van der Waals surface area contributed by atoms with Gasteiger partial charge in [-0.25, -0.2) is 4.79 Å². The highest BCUT2D eigenvalue weighted by molar-refractivity contribution is 5.91. The van der Waals surface area contributed by atoms with E-state index in [1.165, 1.54) is 18.2 Å². The van der Waals surface area contributed by atoms with Crippen LogP contribution < -0.4 is 9.47 Å². The van der Waals surface area contributed by atoms with Gasteiger partial charge in [0.25, 0.3) is 0 Å². The van der Waals surface area contributed by atoms with Gasteiger partial charge in [0, 0.05) is 12.1 Å². The Hall–Kier alpha value is -3.09. The molecule has 0 bridgehead atoms. The van der Waals surface area contributed by atoms with Crippen molar-refractivity contribution in [2.45, 2.75) is 63.9 Å². The van der Waals surface area contributed by atoms with Gasteiger partial charge < -0.3 is 14.2 Å². The van der Waals surface area contributed by atoms with Gasteiger partial charge in [-0.1, -0.05) is 6.92 Å². The molecule has 32 heavy (non-hydrogen) atoms. The molecule has 2 aromatic rings. The Bertz CT molecular complexity index is 1050. The standard InChI is InChI=1S/C25H28NO6/c1-5-15-10-11-30-22-14-23(19(13-18(15)22)16-6-7-16)31-21-9-8-17(12-20(21)26(28)29)24(27)32-25(2,3)4/h8-9,12-16H,1,5-7,10-11H2,2-4H3. The lowest BCUT2D eigenvalue weighted by Gasteiger charge is -2.27. The Kier molecular flexibility index (Phi) is 5.84. The maximum atomic E-state index is 12.4. The van der Waals surface area contributed by atoms with Gasteiger partial charge in [-0.05, 0) is 87.6 Å². The largest absolute Gasteiger partial charge is 0.493 e. The highest BCUT2D eigenvalue weighted by Gasteiger charge is 2.32. The summed E-state index contributed by atoms with van der Waals surface area (Å²) < 4.78 is 17.3. The van der Waals surface area contributed by atoms with Crippen molar-refractivity contribution < 1.29 is 23.9 Å². The molecule has 4 rings (SSSR count). The number of nitrogens with zero attached hydrogens (tertiary/aromatic N) is 1. The van der Waals surface area contributed by atoms with Gasteiger partial charge in [-0.3, -0.25) is 10.1 Å². The first-order chi connectivity index (χ1) is 15.2. The number of carbonyl (C=O) groups is 1. The normalized spacial score (nSPS) is 17.8. The summed E-state index contributed by atoms with van der Waals surface area (Å²) in [5.74, 6) is 1.48. The molecule has 1 aliphatic heterocycles. The summed E-state index contributed by atoms with van der Waals surface area (Å²) in [5, 5.41) is 11.8. The summed E-state index contributed by atoms with van der Waals surface area (Å²) in [4.78, 5) is 23.6. The van der Waals surface area contributed by atoms with Crippen LogP contribution >= 0.6 is 0 Å². The topological polar surface area (TPSA) is 87.9 Å². The molecule has 1 fully saturated rings. The summed E-state index contributed by atoms with van der Waals surface area (Å²) in [6, 6.07) is 8.11. The number of nitro benzene ring substituents is 1. The van der Waals surface area contributed by atoms with E-state index in [4.69, 9.17) is 14.2 Å². The lowest BCUT2D eigenvalue weighted by atomic mass is 9.88. The quantitative estimate of drug-likeness (QED) is 0.298. The van der Waals surface area contributed by atoms with Crippen LogP contribution in [0, 0.1) is 17.0 Å². The van der Waals surface area contributed by atoms with Crippen LogP contribution in [0.2, 0.25) is 0 Å². The van der Waals surface area contributed by atoms with Crippen LogP contribution in [0.15, 0.2) is 30.3 Å². The van der Waals surface area contributed by atoms with Crippen molar-refractivity contribution in [1.82, 2.24) is 0 Å². The average molecular weight is 439 g/mol. The smallest absolute Gasteiger partial charge is 0.338 e. The zero-order valence-corrected chi connectivity index (χ0v) is 18.7. The minimum Gasteiger partial charge on any atom is -0.493 e. The fourth-order valence-electron chi connectivity index (χ4n) is 3.94. The van der Waals surface area contributed by atoms with E-state index in [1.807, 2.05) is 6.07 Å². The highest BCUT2D eigenvalue weighted by Crippen LogP contribution is 2.50. The third kappa shape index (κ3) is 4.71. The Morgan fingerprint density at radius 2 is 1.91 bits per heavy atom. The number of carbonyl (C=O) groups excluding carboxylic acids is 1. The second-order valence-electron chi connectivity index (χ2n) is 9.37. The average Bonchev–Trinajstić information content (AvgIpc) is 3.56. The summed E-state index contributed by atoms with van der Waals surface area (Å²) in [6.45, 7) is 9.91. The molecule has 7 nitrogen and oxygen atoms in total. The molecular formula is C25H28NO6. The zero-order valence-electron chi connectivity index (χ0n) is 18.7. The lowest BCUT2D eigenvalue weighted by Crippen LogP contribution is -2.23. The number of fused-ring (bicyclic) bond motifs is 1. The van der Waals surface area contributed by atoms with Crippen LogP contribution in [-0.4, -0.2) is 23.1 Å². The van der Waals surface area contributed by atoms with Crippen LogP contribution in [0.5, 0.6) is 17.2 Å². The third-order valence-electron chi connectivity index (χ3n) is 5.68. The lowest BCUT2D eigenvalue weighted by molar-refractivity contribution is -0.385. The number of hydrogen-bond acceptors (Lipinski definition) is 6. The van der Waals surface area contributed by atoms with Gasteiger partial charge in [0.05, 0.1) is 17.1 Å². The predicted molar refractivity (Wildman–Crippen MR) is 120 cm³/mol. The van der Waals surface area contributed by atoms with E-state index in [1.54, 1.807) is 20.8 Å². The molecule has 7 heteroatoms. The molecular weight excluding hydrogens is 410 g/mol. The predicted octanol–water partition coefficient (Wildman–Crippen LogP) is 6.31. The molecule has 0 saturated heterocycles. The van der Waals surface area contributed by atoms with Crippen molar-refractivity contribution in [3.8, 4) is 17.2 Å². The molecule has 1 radical (unpaired) electrons.